The van der Waals surface area contributed by atoms with Gasteiger partial charge < -0.3 is 5.73 Å². The van der Waals surface area contributed by atoms with E-state index in [9.17, 15) is 4.79 Å². The largest absolute Gasteiger partial charge is 0.385 e. The molecule has 1 aliphatic rings. The lowest BCUT2D eigenvalue weighted by atomic mass is 10.1. The maximum absolute atomic E-state index is 11.6. The Kier molecular flexibility index (Phi) is 2.59. The van der Waals surface area contributed by atoms with E-state index in [-0.39, 0.29) is 12.3 Å². The van der Waals surface area contributed by atoms with Crippen LogP contribution in [0.25, 0.3) is 0 Å². The van der Waals surface area contributed by atoms with E-state index in [1.807, 2.05) is 26.0 Å². The first kappa shape index (κ1) is 11.0. The lowest BCUT2D eigenvalue weighted by Gasteiger charge is -2.14. The molecular weight excluding hydrogens is 226 g/mol. The topological polar surface area (TPSA) is 58.7 Å². The van der Waals surface area contributed by atoms with Crippen LogP contribution in [0.1, 0.15) is 17.5 Å². The third-order valence-corrected chi connectivity index (χ3v) is 3.06. The lowest BCUT2D eigenvalue weighted by molar-refractivity contribution is -0.116. The third kappa shape index (κ3) is 1.76. The molecule has 1 aromatic carbocycles. The van der Waals surface area contributed by atoms with E-state index in [4.69, 9.17) is 17.3 Å². The van der Waals surface area contributed by atoms with Crippen LogP contribution in [-0.2, 0) is 4.79 Å². The number of hydrazone groups is 1. The summed E-state index contributed by atoms with van der Waals surface area (Å²) in [5.41, 5.74) is 8.08. The van der Waals surface area contributed by atoms with Gasteiger partial charge in [0.1, 0.15) is 5.84 Å². The van der Waals surface area contributed by atoms with Gasteiger partial charge in [-0.3, -0.25) is 4.79 Å². The number of hydrogen-bond acceptors (Lipinski definition) is 3. The molecule has 16 heavy (non-hydrogen) atoms. The van der Waals surface area contributed by atoms with Crippen molar-refractivity contribution < 1.29 is 4.79 Å². The summed E-state index contributed by atoms with van der Waals surface area (Å²) in [5, 5.41) is 6.03. The van der Waals surface area contributed by atoms with Crippen molar-refractivity contribution in [3.8, 4) is 0 Å². The number of aryl methyl sites for hydroxylation is 2. The van der Waals surface area contributed by atoms with Gasteiger partial charge in [-0.05, 0) is 37.1 Å². The number of hydrogen-bond donors (Lipinski definition) is 1. The second kappa shape index (κ2) is 3.79. The number of nitrogens with zero attached hydrogens (tertiary/aromatic N) is 2. The number of carbonyl (C=O) groups is 1. The molecular formula is C11H12ClN3O. The Labute approximate surface area is 98.7 Å². The average molecular weight is 238 g/mol. The van der Waals surface area contributed by atoms with E-state index in [0.717, 1.165) is 11.1 Å². The monoisotopic (exact) mass is 237 g/mol. The van der Waals surface area contributed by atoms with Gasteiger partial charge in [0, 0.05) is 5.02 Å². The second-order valence-electron chi connectivity index (χ2n) is 3.87. The summed E-state index contributed by atoms with van der Waals surface area (Å²) in [7, 11) is 0. The molecule has 84 valence electrons. The molecule has 0 fully saturated rings. The molecule has 0 radical (unpaired) electrons. The van der Waals surface area contributed by atoms with Gasteiger partial charge in [-0.15, -0.1) is 0 Å². The molecule has 2 rings (SSSR count). The summed E-state index contributed by atoms with van der Waals surface area (Å²) in [6, 6.07) is 3.66. The highest BCUT2D eigenvalue weighted by Crippen LogP contribution is 2.28. The van der Waals surface area contributed by atoms with Crippen LogP contribution in [0.15, 0.2) is 17.2 Å². The van der Waals surface area contributed by atoms with Crippen molar-refractivity contribution >= 4 is 29.0 Å². The Hall–Kier alpha value is -1.55. The summed E-state index contributed by atoms with van der Waals surface area (Å²) in [4.78, 5) is 11.6. The minimum atomic E-state index is -0.112. The first-order chi connectivity index (χ1) is 7.49. The Bertz CT molecular complexity index is 473. The minimum absolute atomic E-state index is 0.112. The minimum Gasteiger partial charge on any atom is -0.385 e. The summed E-state index contributed by atoms with van der Waals surface area (Å²) >= 11 is 6.06. The average Bonchev–Trinajstić information content (AvgIpc) is 2.53. The standard InChI is InChI=1S/C11H12ClN3O/c1-6-3-8(4-7(2)11(6)12)15-10(16)5-9(13)14-15/h3-4H,5H2,1-2H3,(H2,13,14). The van der Waals surface area contributed by atoms with E-state index >= 15 is 0 Å². The molecule has 1 heterocycles. The van der Waals surface area contributed by atoms with Crippen molar-refractivity contribution in [2.45, 2.75) is 20.3 Å². The predicted octanol–water partition coefficient (Wildman–Crippen LogP) is 1.97. The van der Waals surface area contributed by atoms with Gasteiger partial charge in [0.15, 0.2) is 0 Å². The Morgan fingerprint density at radius 3 is 2.38 bits per heavy atom. The SMILES string of the molecule is Cc1cc(N2N=C(N)CC2=O)cc(C)c1Cl. The molecule has 0 aliphatic carbocycles. The van der Waals surface area contributed by atoms with Gasteiger partial charge in [-0.2, -0.15) is 10.1 Å². The summed E-state index contributed by atoms with van der Waals surface area (Å²) in [5.74, 6) is 0.230. The molecule has 0 bridgehead atoms. The lowest BCUT2D eigenvalue weighted by Crippen LogP contribution is -2.19. The first-order valence-electron chi connectivity index (χ1n) is 4.91. The van der Waals surface area contributed by atoms with Gasteiger partial charge in [0.2, 0.25) is 0 Å². The predicted molar refractivity (Wildman–Crippen MR) is 64.7 cm³/mol. The van der Waals surface area contributed by atoms with E-state index in [2.05, 4.69) is 5.10 Å². The van der Waals surface area contributed by atoms with E-state index in [0.29, 0.717) is 16.5 Å². The van der Waals surface area contributed by atoms with Crippen LogP contribution >= 0.6 is 11.6 Å². The Balaban J connectivity index is 2.46. The normalized spacial score (nSPS) is 15.6. The van der Waals surface area contributed by atoms with Gasteiger partial charge in [0.25, 0.3) is 5.91 Å². The van der Waals surface area contributed by atoms with E-state index < -0.39 is 0 Å². The maximum atomic E-state index is 11.6. The first-order valence-corrected chi connectivity index (χ1v) is 5.29. The van der Waals surface area contributed by atoms with E-state index in [1.165, 1.54) is 5.01 Å². The summed E-state index contributed by atoms with van der Waals surface area (Å²) in [6.45, 7) is 3.79. The zero-order chi connectivity index (χ0) is 11.9. The smallest absolute Gasteiger partial charge is 0.255 e. The van der Waals surface area contributed by atoms with Crippen LogP contribution in [0, 0.1) is 13.8 Å². The van der Waals surface area contributed by atoms with Crippen LogP contribution in [0.5, 0.6) is 0 Å². The molecule has 0 unspecified atom stereocenters. The van der Waals surface area contributed by atoms with Crippen LogP contribution in [0.3, 0.4) is 0 Å². The zero-order valence-corrected chi connectivity index (χ0v) is 9.88. The highest BCUT2D eigenvalue weighted by Gasteiger charge is 2.24. The number of benzene rings is 1. The Morgan fingerprint density at radius 1 is 1.38 bits per heavy atom. The molecule has 1 amide bonds. The van der Waals surface area contributed by atoms with Gasteiger partial charge >= 0.3 is 0 Å². The fourth-order valence-corrected chi connectivity index (χ4v) is 1.81. The molecule has 0 spiro atoms. The molecule has 0 atom stereocenters. The van der Waals surface area contributed by atoms with Crippen LogP contribution in [0.4, 0.5) is 5.69 Å². The third-order valence-electron chi connectivity index (χ3n) is 2.46. The van der Waals surface area contributed by atoms with Gasteiger partial charge in [-0.25, -0.2) is 0 Å². The Morgan fingerprint density at radius 2 is 1.94 bits per heavy atom. The van der Waals surface area contributed by atoms with Crippen molar-refractivity contribution in [3.63, 3.8) is 0 Å². The molecule has 0 saturated heterocycles. The zero-order valence-electron chi connectivity index (χ0n) is 9.12. The highest BCUT2D eigenvalue weighted by molar-refractivity contribution is 6.32. The summed E-state index contributed by atoms with van der Waals surface area (Å²) < 4.78 is 0. The van der Waals surface area contributed by atoms with Crippen molar-refractivity contribution in [1.29, 1.82) is 0 Å². The van der Waals surface area contributed by atoms with Crippen molar-refractivity contribution in [2.24, 2.45) is 10.8 Å². The molecule has 1 aromatic rings. The number of nitrogens with two attached hydrogens (primary N) is 1. The van der Waals surface area contributed by atoms with Gasteiger partial charge in [-0.1, -0.05) is 11.6 Å². The fourth-order valence-electron chi connectivity index (χ4n) is 1.70. The maximum Gasteiger partial charge on any atom is 0.255 e. The van der Waals surface area contributed by atoms with Crippen LogP contribution < -0.4 is 10.7 Å². The molecule has 5 heteroatoms. The van der Waals surface area contributed by atoms with Crippen molar-refractivity contribution in [3.05, 3.63) is 28.3 Å². The number of rotatable bonds is 1. The highest BCUT2D eigenvalue weighted by atomic mass is 35.5. The molecule has 0 aromatic heterocycles. The number of anilines is 1. The number of carbonyl (C=O) groups excluding carboxylic acids is 1. The molecule has 4 nitrogen and oxygen atoms in total. The molecule has 2 N–H and O–H groups in total. The number of amides is 1. The number of halogens is 1. The molecule has 1 aliphatic heterocycles. The van der Waals surface area contributed by atoms with Gasteiger partial charge in [0.05, 0.1) is 12.1 Å². The van der Waals surface area contributed by atoms with Crippen molar-refractivity contribution in [2.75, 3.05) is 5.01 Å². The van der Waals surface area contributed by atoms with Crippen LogP contribution in [0.2, 0.25) is 5.02 Å². The molecule has 0 saturated carbocycles. The van der Waals surface area contributed by atoms with E-state index in [1.54, 1.807) is 0 Å². The number of amidine groups is 1. The second-order valence-corrected chi connectivity index (χ2v) is 4.25. The van der Waals surface area contributed by atoms with Crippen molar-refractivity contribution in [1.82, 2.24) is 0 Å². The fraction of sp³-hybridized carbons (Fsp3) is 0.273. The quantitative estimate of drug-likeness (QED) is 0.812. The van der Waals surface area contributed by atoms with Crippen LogP contribution in [-0.4, -0.2) is 11.7 Å². The summed E-state index contributed by atoms with van der Waals surface area (Å²) in [6.07, 6.45) is 0.181.